The van der Waals surface area contributed by atoms with Gasteiger partial charge >= 0.3 is 6.03 Å². The Morgan fingerprint density at radius 2 is 2.29 bits per heavy atom. The molecule has 0 bridgehead atoms. The normalized spacial score (nSPS) is 12.0. The molecule has 0 aromatic heterocycles. The Morgan fingerprint density at radius 3 is 2.88 bits per heavy atom. The predicted octanol–water partition coefficient (Wildman–Crippen LogP) is 1.35. The number of halogens is 1. The lowest BCUT2D eigenvalue weighted by Crippen LogP contribution is -2.40. The third-order valence-corrected chi connectivity index (χ3v) is 2.22. The Bertz CT molecular complexity index is 383. The van der Waals surface area contributed by atoms with E-state index in [0.29, 0.717) is 5.56 Å². The lowest BCUT2D eigenvalue weighted by molar-refractivity contribution is 0.143. The molecule has 1 aromatic rings. The first kappa shape index (κ1) is 13.4. The highest BCUT2D eigenvalue weighted by molar-refractivity contribution is 5.73. The molecule has 0 aliphatic heterocycles. The van der Waals surface area contributed by atoms with Gasteiger partial charge in [0.1, 0.15) is 5.82 Å². The van der Waals surface area contributed by atoms with E-state index in [-0.39, 0.29) is 24.9 Å². The van der Waals surface area contributed by atoms with Gasteiger partial charge < -0.3 is 15.3 Å². The molecule has 1 unspecified atom stereocenters. The van der Waals surface area contributed by atoms with Crippen molar-refractivity contribution in [3.63, 3.8) is 0 Å². The molecule has 0 spiro atoms. The summed E-state index contributed by atoms with van der Waals surface area (Å²) in [5, 5.41) is 11.8. The highest BCUT2D eigenvalue weighted by Gasteiger charge is 2.09. The molecule has 2 amide bonds. The van der Waals surface area contributed by atoms with Gasteiger partial charge in [0.15, 0.2) is 0 Å². The smallest absolute Gasteiger partial charge is 0.317 e. The number of rotatable bonds is 4. The monoisotopic (exact) mass is 240 g/mol. The van der Waals surface area contributed by atoms with Crippen molar-refractivity contribution in [1.82, 2.24) is 10.2 Å². The quantitative estimate of drug-likeness (QED) is 0.834. The van der Waals surface area contributed by atoms with Gasteiger partial charge in [-0.1, -0.05) is 12.1 Å². The van der Waals surface area contributed by atoms with E-state index in [0.717, 1.165) is 0 Å². The third-order valence-electron chi connectivity index (χ3n) is 2.22. The van der Waals surface area contributed by atoms with Crippen LogP contribution in [0.2, 0.25) is 0 Å². The van der Waals surface area contributed by atoms with Gasteiger partial charge in [-0.3, -0.25) is 0 Å². The molecule has 4 nitrogen and oxygen atoms in total. The number of urea groups is 1. The van der Waals surface area contributed by atoms with E-state index in [1.807, 2.05) is 0 Å². The van der Waals surface area contributed by atoms with Crippen LogP contribution >= 0.6 is 0 Å². The topological polar surface area (TPSA) is 52.6 Å². The first-order valence-electron chi connectivity index (χ1n) is 5.40. The number of carbonyl (C=O) groups excluding carboxylic acids is 1. The summed E-state index contributed by atoms with van der Waals surface area (Å²) in [5.74, 6) is -0.325. The average Bonchev–Trinajstić information content (AvgIpc) is 2.25. The van der Waals surface area contributed by atoms with Crippen LogP contribution in [-0.2, 0) is 6.54 Å². The molecule has 0 aliphatic carbocycles. The van der Waals surface area contributed by atoms with Gasteiger partial charge in [0.25, 0.3) is 0 Å². The van der Waals surface area contributed by atoms with Crippen LogP contribution in [0.15, 0.2) is 24.3 Å². The van der Waals surface area contributed by atoms with Gasteiger partial charge in [-0.15, -0.1) is 0 Å². The average molecular weight is 240 g/mol. The molecular weight excluding hydrogens is 223 g/mol. The molecule has 0 heterocycles. The number of likely N-dealkylation sites (N-methyl/N-ethyl adjacent to an activating group) is 1. The van der Waals surface area contributed by atoms with Crippen LogP contribution in [0.25, 0.3) is 0 Å². The Morgan fingerprint density at radius 1 is 1.59 bits per heavy atom. The summed E-state index contributed by atoms with van der Waals surface area (Å²) < 4.78 is 12.9. The molecule has 0 saturated carbocycles. The molecule has 94 valence electrons. The molecule has 0 aliphatic rings. The summed E-state index contributed by atoms with van der Waals surface area (Å²) in [5.41, 5.74) is 0.698. The number of benzene rings is 1. The molecule has 1 atom stereocenters. The Balaban J connectivity index is 2.43. The largest absolute Gasteiger partial charge is 0.392 e. The van der Waals surface area contributed by atoms with Crippen molar-refractivity contribution in [3.05, 3.63) is 35.6 Å². The van der Waals surface area contributed by atoms with Crippen molar-refractivity contribution >= 4 is 6.03 Å². The molecule has 17 heavy (non-hydrogen) atoms. The van der Waals surface area contributed by atoms with Crippen LogP contribution in [-0.4, -0.2) is 35.7 Å². The molecule has 5 heteroatoms. The van der Waals surface area contributed by atoms with Crippen LogP contribution in [0, 0.1) is 5.82 Å². The summed E-state index contributed by atoms with van der Waals surface area (Å²) in [4.78, 5) is 12.9. The van der Waals surface area contributed by atoms with Crippen molar-refractivity contribution in [1.29, 1.82) is 0 Å². The van der Waals surface area contributed by atoms with E-state index in [9.17, 15) is 9.18 Å². The second kappa shape index (κ2) is 6.20. The second-order valence-corrected chi connectivity index (χ2v) is 4.02. The van der Waals surface area contributed by atoms with E-state index in [2.05, 4.69) is 5.32 Å². The van der Waals surface area contributed by atoms with Crippen LogP contribution in [0.5, 0.6) is 0 Å². The maximum atomic E-state index is 12.9. The van der Waals surface area contributed by atoms with E-state index in [1.165, 1.54) is 17.0 Å². The van der Waals surface area contributed by atoms with Gasteiger partial charge in [0.2, 0.25) is 0 Å². The SMILES string of the molecule is CC(O)CN(C)C(=O)NCc1cccc(F)c1. The minimum absolute atomic E-state index is 0.259. The summed E-state index contributed by atoms with van der Waals surface area (Å²) in [6.45, 7) is 2.13. The summed E-state index contributed by atoms with van der Waals surface area (Å²) in [6, 6.07) is 5.75. The fourth-order valence-electron chi connectivity index (χ4n) is 1.44. The minimum Gasteiger partial charge on any atom is -0.392 e. The van der Waals surface area contributed by atoms with Crippen LogP contribution < -0.4 is 5.32 Å². The van der Waals surface area contributed by atoms with Gasteiger partial charge in [-0.2, -0.15) is 0 Å². The fourth-order valence-corrected chi connectivity index (χ4v) is 1.44. The van der Waals surface area contributed by atoms with Crippen LogP contribution in [0.4, 0.5) is 9.18 Å². The van der Waals surface area contributed by atoms with Crippen LogP contribution in [0.1, 0.15) is 12.5 Å². The number of carbonyl (C=O) groups is 1. The Hall–Kier alpha value is -1.62. The zero-order chi connectivity index (χ0) is 12.8. The molecule has 2 N–H and O–H groups in total. The highest BCUT2D eigenvalue weighted by Crippen LogP contribution is 2.03. The van der Waals surface area contributed by atoms with E-state index in [4.69, 9.17) is 5.11 Å². The standard InChI is InChI=1S/C12H17FN2O2/c1-9(16)8-15(2)12(17)14-7-10-4-3-5-11(13)6-10/h3-6,9,16H,7-8H2,1-2H3,(H,14,17). The first-order valence-corrected chi connectivity index (χ1v) is 5.40. The lowest BCUT2D eigenvalue weighted by atomic mass is 10.2. The third kappa shape index (κ3) is 4.82. The zero-order valence-electron chi connectivity index (χ0n) is 9.98. The van der Waals surface area contributed by atoms with E-state index < -0.39 is 6.10 Å². The van der Waals surface area contributed by atoms with Crippen molar-refractivity contribution < 1.29 is 14.3 Å². The van der Waals surface area contributed by atoms with Gasteiger partial charge in [0.05, 0.1) is 6.10 Å². The number of hydrogen-bond acceptors (Lipinski definition) is 2. The molecular formula is C12H17FN2O2. The first-order chi connectivity index (χ1) is 7.99. The molecule has 0 fully saturated rings. The summed E-state index contributed by atoms with van der Waals surface area (Å²) in [7, 11) is 1.59. The maximum Gasteiger partial charge on any atom is 0.317 e. The second-order valence-electron chi connectivity index (χ2n) is 4.02. The van der Waals surface area contributed by atoms with E-state index >= 15 is 0 Å². The highest BCUT2D eigenvalue weighted by atomic mass is 19.1. The van der Waals surface area contributed by atoms with E-state index in [1.54, 1.807) is 26.1 Å². The van der Waals surface area contributed by atoms with Gasteiger partial charge in [-0.05, 0) is 24.6 Å². The lowest BCUT2D eigenvalue weighted by Gasteiger charge is -2.19. The van der Waals surface area contributed by atoms with Crippen molar-refractivity contribution in [3.8, 4) is 0 Å². The van der Waals surface area contributed by atoms with Crippen molar-refractivity contribution in [2.24, 2.45) is 0 Å². The molecule has 1 aromatic carbocycles. The Labute approximate surface area is 100 Å². The molecule has 0 saturated heterocycles. The Kier molecular flexibility index (Phi) is 4.90. The number of nitrogens with zero attached hydrogens (tertiary/aromatic N) is 1. The summed E-state index contributed by atoms with van der Waals surface area (Å²) in [6.07, 6.45) is -0.570. The summed E-state index contributed by atoms with van der Waals surface area (Å²) >= 11 is 0. The molecule has 1 rings (SSSR count). The number of nitrogens with one attached hydrogen (secondary N) is 1. The van der Waals surface area contributed by atoms with Gasteiger partial charge in [-0.25, -0.2) is 9.18 Å². The number of amides is 2. The van der Waals surface area contributed by atoms with Crippen molar-refractivity contribution in [2.45, 2.75) is 19.6 Å². The number of hydrogen-bond donors (Lipinski definition) is 2. The predicted molar refractivity (Wildman–Crippen MR) is 62.9 cm³/mol. The fraction of sp³-hybridized carbons (Fsp3) is 0.417. The number of aliphatic hydroxyl groups is 1. The van der Waals surface area contributed by atoms with Crippen molar-refractivity contribution in [2.75, 3.05) is 13.6 Å². The minimum atomic E-state index is -0.570. The maximum absolute atomic E-state index is 12.9. The number of aliphatic hydroxyl groups excluding tert-OH is 1. The van der Waals surface area contributed by atoms with Crippen LogP contribution in [0.3, 0.4) is 0 Å². The van der Waals surface area contributed by atoms with Gasteiger partial charge in [0, 0.05) is 20.1 Å². The molecule has 0 radical (unpaired) electrons. The zero-order valence-corrected chi connectivity index (χ0v) is 9.98.